The molecule has 138 valence electrons. The highest BCUT2D eigenvalue weighted by molar-refractivity contribution is 7.88. The number of benzene rings is 2. The van der Waals surface area contributed by atoms with Crippen LogP contribution in [0.3, 0.4) is 0 Å². The first-order valence-corrected chi connectivity index (χ1v) is 10.3. The smallest absolute Gasteiger partial charge is 0.216 e. The van der Waals surface area contributed by atoms with Crippen LogP contribution in [0.25, 0.3) is 11.0 Å². The fraction of sp³-hybridized carbons (Fsp3) is 0.300. The first-order valence-electron chi connectivity index (χ1n) is 8.67. The maximum Gasteiger partial charge on any atom is 0.216 e. The summed E-state index contributed by atoms with van der Waals surface area (Å²) in [5, 5.41) is 4.45. The number of nitrogens with one attached hydrogen (secondary N) is 2. The first-order chi connectivity index (χ1) is 12.4. The molecule has 1 heterocycles. The fourth-order valence-corrected chi connectivity index (χ4v) is 4.26. The van der Waals surface area contributed by atoms with Gasteiger partial charge in [-0.3, -0.25) is 0 Å². The quantitative estimate of drug-likeness (QED) is 0.634. The standard InChI is InChI=1S/C20H24N2O3S/c1-15(2)22-26(23,24)14-17-9-7-16(8-10-17)12-21-13-19-11-18-5-3-4-6-20(18)25-19/h3-11,15,21-22H,12-14H2,1-2H3. The van der Waals surface area contributed by atoms with E-state index in [0.29, 0.717) is 13.1 Å². The van der Waals surface area contributed by atoms with Gasteiger partial charge in [0.2, 0.25) is 10.0 Å². The number of fused-ring (bicyclic) bond motifs is 1. The molecule has 0 unspecified atom stereocenters. The molecule has 3 rings (SSSR count). The van der Waals surface area contributed by atoms with E-state index in [1.54, 1.807) is 0 Å². The molecule has 0 bridgehead atoms. The number of rotatable bonds is 8. The van der Waals surface area contributed by atoms with Gasteiger partial charge in [-0.15, -0.1) is 0 Å². The Bertz CT molecular complexity index is 927. The predicted octanol–water partition coefficient (Wildman–Crippen LogP) is 3.55. The van der Waals surface area contributed by atoms with Crippen LogP contribution in [0.2, 0.25) is 0 Å². The van der Waals surface area contributed by atoms with Gasteiger partial charge in [0.1, 0.15) is 11.3 Å². The molecule has 3 aromatic rings. The van der Waals surface area contributed by atoms with Crippen LogP contribution >= 0.6 is 0 Å². The summed E-state index contributed by atoms with van der Waals surface area (Å²) in [4.78, 5) is 0. The van der Waals surface area contributed by atoms with Crippen molar-refractivity contribution in [2.75, 3.05) is 0 Å². The summed E-state index contributed by atoms with van der Waals surface area (Å²) < 4.78 is 32.3. The van der Waals surface area contributed by atoms with E-state index in [0.717, 1.165) is 27.9 Å². The van der Waals surface area contributed by atoms with Crippen molar-refractivity contribution in [3.05, 3.63) is 71.5 Å². The minimum absolute atomic E-state index is 0.00211. The highest BCUT2D eigenvalue weighted by Crippen LogP contribution is 2.18. The van der Waals surface area contributed by atoms with Gasteiger partial charge >= 0.3 is 0 Å². The second-order valence-corrected chi connectivity index (χ2v) is 8.46. The Balaban J connectivity index is 1.52. The molecule has 0 atom stereocenters. The topological polar surface area (TPSA) is 71.3 Å². The van der Waals surface area contributed by atoms with Gasteiger partial charge in [-0.25, -0.2) is 13.1 Å². The molecule has 0 amide bonds. The Hall–Kier alpha value is -2.15. The van der Waals surface area contributed by atoms with Crippen LogP contribution in [0.4, 0.5) is 0 Å². The molecule has 0 fully saturated rings. The van der Waals surface area contributed by atoms with Gasteiger partial charge in [0.15, 0.2) is 0 Å². The molecule has 5 nitrogen and oxygen atoms in total. The lowest BCUT2D eigenvalue weighted by Crippen LogP contribution is -2.31. The van der Waals surface area contributed by atoms with E-state index in [2.05, 4.69) is 10.0 Å². The predicted molar refractivity (Wildman–Crippen MR) is 104 cm³/mol. The Labute approximate surface area is 154 Å². The molecule has 26 heavy (non-hydrogen) atoms. The van der Waals surface area contributed by atoms with Crippen LogP contribution in [0.5, 0.6) is 0 Å². The summed E-state index contributed by atoms with van der Waals surface area (Å²) in [7, 11) is -3.29. The zero-order valence-corrected chi connectivity index (χ0v) is 15.8. The SMILES string of the molecule is CC(C)NS(=O)(=O)Cc1ccc(CNCc2cc3ccccc3o2)cc1. The molecule has 2 N–H and O–H groups in total. The third-order valence-electron chi connectivity index (χ3n) is 3.90. The van der Waals surface area contributed by atoms with Crippen LogP contribution in [-0.4, -0.2) is 14.5 Å². The van der Waals surface area contributed by atoms with Gasteiger partial charge < -0.3 is 9.73 Å². The monoisotopic (exact) mass is 372 g/mol. The third kappa shape index (κ3) is 5.17. The van der Waals surface area contributed by atoms with Crippen LogP contribution in [-0.2, 0) is 28.9 Å². The van der Waals surface area contributed by atoms with E-state index in [-0.39, 0.29) is 11.8 Å². The summed E-state index contributed by atoms with van der Waals surface area (Å²) in [5.41, 5.74) is 2.77. The highest BCUT2D eigenvalue weighted by atomic mass is 32.2. The summed E-state index contributed by atoms with van der Waals surface area (Å²) in [6, 6.07) is 17.5. The molecule has 0 saturated heterocycles. The highest BCUT2D eigenvalue weighted by Gasteiger charge is 2.12. The van der Waals surface area contributed by atoms with E-state index >= 15 is 0 Å². The van der Waals surface area contributed by atoms with Crippen molar-refractivity contribution in [3.8, 4) is 0 Å². The summed E-state index contributed by atoms with van der Waals surface area (Å²) in [5.74, 6) is 0.895. The second-order valence-electron chi connectivity index (χ2n) is 6.70. The van der Waals surface area contributed by atoms with Crippen molar-refractivity contribution in [2.24, 2.45) is 0 Å². The van der Waals surface area contributed by atoms with Crippen LogP contribution in [0.15, 0.2) is 59.0 Å². The molecule has 0 radical (unpaired) electrons. The van der Waals surface area contributed by atoms with Crippen molar-refractivity contribution in [2.45, 2.75) is 38.7 Å². The number of sulfonamides is 1. The lowest BCUT2D eigenvalue weighted by Gasteiger charge is -2.10. The van der Waals surface area contributed by atoms with E-state index < -0.39 is 10.0 Å². The van der Waals surface area contributed by atoms with Gasteiger partial charge in [-0.2, -0.15) is 0 Å². The van der Waals surface area contributed by atoms with Crippen molar-refractivity contribution in [1.82, 2.24) is 10.0 Å². The number of furan rings is 1. The van der Waals surface area contributed by atoms with Crippen LogP contribution in [0.1, 0.15) is 30.7 Å². The van der Waals surface area contributed by atoms with E-state index in [1.807, 2.05) is 68.4 Å². The van der Waals surface area contributed by atoms with E-state index in [1.165, 1.54) is 0 Å². The molecule has 0 aliphatic heterocycles. The lowest BCUT2D eigenvalue weighted by atomic mass is 10.1. The Morgan fingerprint density at radius 1 is 0.962 bits per heavy atom. The molecular weight excluding hydrogens is 348 g/mol. The molecule has 0 aliphatic carbocycles. The summed E-state index contributed by atoms with van der Waals surface area (Å²) in [6.07, 6.45) is 0. The van der Waals surface area contributed by atoms with Crippen molar-refractivity contribution >= 4 is 21.0 Å². The minimum atomic E-state index is -3.29. The second kappa shape index (κ2) is 8.03. The van der Waals surface area contributed by atoms with Gasteiger partial charge in [0.25, 0.3) is 0 Å². The summed E-state index contributed by atoms with van der Waals surface area (Å²) in [6.45, 7) is 4.96. The fourth-order valence-electron chi connectivity index (χ4n) is 2.83. The average Bonchev–Trinajstić information content (AvgIpc) is 2.97. The minimum Gasteiger partial charge on any atom is -0.460 e. The van der Waals surface area contributed by atoms with Crippen molar-refractivity contribution < 1.29 is 12.8 Å². The molecule has 0 spiro atoms. The Morgan fingerprint density at radius 3 is 2.35 bits per heavy atom. The largest absolute Gasteiger partial charge is 0.460 e. The average molecular weight is 372 g/mol. The van der Waals surface area contributed by atoms with Gasteiger partial charge in [-0.05, 0) is 37.1 Å². The van der Waals surface area contributed by atoms with Crippen LogP contribution < -0.4 is 10.0 Å². The Kier molecular flexibility index (Phi) is 5.76. The normalized spacial score (nSPS) is 12.1. The molecule has 0 saturated carbocycles. The molecular formula is C20H24N2O3S. The number of hydrogen-bond acceptors (Lipinski definition) is 4. The molecule has 1 aromatic heterocycles. The van der Waals surface area contributed by atoms with Gasteiger partial charge in [0.05, 0.1) is 12.3 Å². The molecule has 0 aliphatic rings. The van der Waals surface area contributed by atoms with Crippen molar-refractivity contribution in [3.63, 3.8) is 0 Å². The van der Waals surface area contributed by atoms with E-state index in [9.17, 15) is 8.42 Å². The summed E-state index contributed by atoms with van der Waals surface area (Å²) >= 11 is 0. The number of hydrogen-bond donors (Lipinski definition) is 2. The van der Waals surface area contributed by atoms with Crippen LogP contribution in [0, 0.1) is 0 Å². The molecule has 6 heteroatoms. The first kappa shape index (κ1) is 18.6. The number of para-hydroxylation sites is 1. The van der Waals surface area contributed by atoms with Gasteiger partial charge in [-0.1, -0.05) is 42.5 Å². The lowest BCUT2D eigenvalue weighted by molar-refractivity contribution is 0.513. The van der Waals surface area contributed by atoms with Gasteiger partial charge in [0, 0.05) is 18.0 Å². The maximum absolute atomic E-state index is 12.0. The maximum atomic E-state index is 12.0. The van der Waals surface area contributed by atoms with Crippen molar-refractivity contribution in [1.29, 1.82) is 0 Å². The zero-order valence-electron chi connectivity index (χ0n) is 15.0. The zero-order chi connectivity index (χ0) is 18.6. The Morgan fingerprint density at radius 2 is 1.65 bits per heavy atom. The molecule has 2 aromatic carbocycles. The third-order valence-corrected chi connectivity index (χ3v) is 5.44. The van der Waals surface area contributed by atoms with E-state index in [4.69, 9.17) is 4.42 Å².